The molecule has 538 valence electrons. The molecule has 0 radical (unpaired) electrons. The fraction of sp³-hybridized carbons (Fsp3) is 0.0536. The third-order valence-electron chi connectivity index (χ3n) is 25.7. The van der Waals surface area contributed by atoms with Crippen LogP contribution in [0.5, 0.6) is 0 Å². The van der Waals surface area contributed by atoms with Crippen molar-refractivity contribution in [2.75, 3.05) is 4.90 Å². The molecule has 24 rings (SSSR count). The van der Waals surface area contributed by atoms with Gasteiger partial charge in [0.1, 0.15) is 0 Å². The van der Waals surface area contributed by atoms with Crippen LogP contribution in [0, 0.1) is 6.92 Å². The second kappa shape index (κ2) is 25.6. The van der Waals surface area contributed by atoms with Gasteiger partial charge in [-0.15, -0.1) is 0 Å². The van der Waals surface area contributed by atoms with Gasteiger partial charge >= 0.3 is 0 Å². The average Bonchev–Trinajstić information content (AvgIpc) is 1.56. The third-order valence-corrected chi connectivity index (χ3v) is 25.7. The van der Waals surface area contributed by atoms with Gasteiger partial charge in [0.2, 0.25) is 0 Å². The molecule has 3 nitrogen and oxygen atoms in total. The predicted octanol–water partition coefficient (Wildman–Crippen LogP) is 30.8. The van der Waals surface area contributed by atoms with E-state index in [2.05, 4.69) is 391 Å². The molecule has 2 aromatic heterocycles. The molecule has 0 spiro atoms. The Labute approximate surface area is 667 Å². The number of benzene rings is 18. The van der Waals surface area contributed by atoms with Crippen LogP contribution in [-0.4, -0.2) is 9.13 Å². The lowest BCUT2D eigenvalue weighted by Crippen LogP contribution is -2.11. The Morgan fingerprint density at radius 3 is 1.87 bits per heavy atom. The number of hydrogen-bond acceptors (Lipinski definition) is 1. The molecule has 20 aromatic rings. The molecule has 2 heterocycles. The maximum atomic E-state index is 5.13. The molecular weight excluding hydrogens is 1390 g/mol. The number of rotatable bonds is 12. The Bertz CT molecular complexity index is 7810. The van der Waals surface area contributed by atoms with Crippen LogP contribution in [0.4, 0.5) is 17.1 Å². The fourth-order valence-corrected chi connectivity index (χ4v) is 20.7. The molecule has 0 bridgehead atoms. The zero-order valence-electron chi connectivity index (χ0n) is 63.7. The Hall–Kier alpha value is -14.4. The van der Waals surface area contributed by atoms with Crippen molar-refractivity contribution in [3.63, 3.8) is 0 Å². The van der Waals surface area contributed by atoms with Gasteiger partial charge in [-0.3, -0.25) is 0 Å². The van der Waals surface area contributed by atoms with Gasteiger partial charge in [0.05, 0.1) is 27.8 Å². The lowest BCUT2D eigenvalue weighted by molar-refractivity contribution is 0.766. The van der Waals surface area contributed by atoms with Crippen molar-refractivity contribution < 1.29 is 0 Å². The zero-order valence-corrected chi connectivity index (χ0v) is 63.7. The van der Waals surface area contributed by atoms with Crippen LogP contribution in [-0.2, 0) is 0 Å². The number of fused-ring (bicyclic) bond motifs is 18. The van der Waals surface area contributed by atoms with Gasteiger partial charge in [-0.25, -0.2) is 0 Å². The van der Waals surface area contributed by atoms with E-state index in [9.17, 15) is 0 Å². The summed E-state index contributed by atoms with van der Waals surface area (Å²) < 4.78 is 4.99. The van der Waals surface area contributed by atoms with E-state index in [1.807, 2.05) is 0 Å². The van der Waals surface area contributed by atoms with E-state index in [0.29, 0.717) is 0 Å². The van der Waals surface area contributed by atoms with Crippen LogP contribution in [0.15, 0.2) is 393 Å². The number of allylic oxidation sites excluding steroid dienone is 9. The zero-order chi connectivity index (χ0) is 75.7. The normalized spacial score (nSPS) is 14.2. The topological polar surface area (TPSA) is 13.1 Å². The van der Waals surface area contributed by atoms with E-state index < -0.39 is 0 Å². The van der Waals surface area contributed by atoms with Gasteiger partial charge in [0, 0.05) is 66.9 Å². The summed E-state index contributed by atoms with van der Waals surface area (Å²) in [7, 11) is 0. The summed E-state index contributed by atoms with van der Waals surface area (Å²) in [4.78, 5) is 2.52. The van der Waals surface area contributed by atoms with Crippen molar-refractivity contribution in [1.82, 2.24) is 9.13 Å². The van der Waals surface area contributed by atoms with E-state index in [1.54, 1.807) is 0 Å². The maximum Gasteiger partial charge on any atom is 0.0619 e. The summed E-state index contributed by atoms with van der Waals surface area (Å²) in [5.41, 5.74) is 34.8. The molecule has 4 aliphatic rings. The highest BCUT2D eigenvalue weighted by Gasteiger charge is 2.35. The Balaban J connectivity index is 0.591. The molecule has 18 aromatic carbocycles. The molecule has 4 aliphatic carbocycles. The minimum absolute atomic E-state index is 0.199. The molecule has 0 aliphatic heterocycles. The number of hydrogen-bond donors (Lipinski definition) is 0. The van der Waals surface area contributed by atoms with E-state index in [1.165, 1.54) is 214 Å². The molecule has 0 N–H and O–H groups in total. The first-order valence-electron chi connectivity index (χ1n) is 40.6. The Morgan fingerprint density at radius 2 is 1.02 bits per heavy atom. The van der Waals surface area contributed by atoms with Crippen LogP contribution in [0.3, 0.4) is 0 Å². The third kappa shape index (κ3) is 10.1. The molecular formula is C112H75N3. The van der Waals surface area contributed by atoms with Crippen LogP contribution >= 0.6 is 0 Å². The van der Waals surface area contributed by atoms with Gasteiger partial charge in [-0.1, -0.05) is 279 Å². The standard InChI is InChI=1S/C112H75N3/c1-68-57-98(112-101(58-68)93-39-15-17-45-103(93)115(112)85-52-49-71-25-6-7-26-73(71)64-85)78-32-18-31-76(60-78)88-35-11-8-27-75(88)59-69(2)87-40-21-42-95-97-55-54-89(100-66-79-29-10-13-37-91(79)111(107(87)95)108(97)100)80-48-47-72-50-51-84(65-82(72)62-80)114-102-44-16-14-38-92(102)99-67-86(53-56-104(99)114)113(83-34-19-30-74(63-83)70-23-4-3-5-24-70)105-46-22-43-96-94-41-20-33-81-61-77-28-9-12-36-90(77)110(106(81)94)109(96)105/h3-20,22-34,36-39,41-58,60-67,88H,2,21,35,40,59H2,1H3. The second-order valence-corrected chi connectivity index (χ2v) is 32.2. The Kier molecular flexibility index (Phi) is 14.5. The highest BCUT2D eigenvalue weighted by Crippen LogP contribution is 2.59. The summed E-state index contributed by atoms with van der Waals surface area (Å²) in [5, 5.41) is 20.1. The quantitative estimate of drug-likeness (QED) is 0.111. The Morgan fingerprint density at radius 1 is 0.383 bits per heavy atom. The van der Waals surface area contributed by atoms with E-state index in [0.717, 1.165) is 53.9 Å². The SMILES string of the molecule is C=C(CC1=CC=CCC1c1cccc(-c2cc(C)cc3c4ccccc4n(-c4ccc5ccccc5c4)c23)c1)C1=C2C(=CCC1)c1ccc(-c3ccc4ccc(-n5c6ccccc6c6cc(N(c7cccc(-c8ccccc8)c7)c7cccc8c7-c7c9ccccc9cc9cccc-8c79)ccc65)cc4c3)c3cc4ccccc4c2c13. The molecule has 0 fully saturated rings. The molecule has 3 heteroatoms. The lowest BCUT2D eigenvalue weighted by Gasteiger charge is -2.29. The molecule has 1 unspecified atom stereocenters. The highest BCUT2D eigenvalue weighted by molar-refractivity contribution is 6.31. The summed E-state index contributed by atoms with van der Waals surface area (Å²) in [6, 6.07) is 130. The van der Waals surface area contributed by atoms with Crippen LogP contribution in [0.1, 0.15) is 53.9 Å². The number of anilines is 3. The molecule has 0 saturated heterocycles. The molecule has 1 atom stereocenters. The minimum Gasteiger partial charge on any atom is -0.310 e. The van der Waals surface area contributed by atoms with Gasteiger partial charge in [-0.05, 0) is 284 Å². The second-order valence-electron chi connectivity index (χ2n) is 32.2. The van der Waals surface area contributed by atoms with Crippen LogP contribution in [0.25, 0.3) is 186 Å². The maximum absolute atomic E-state index is 5.13. The number of aryl methyl sites for hydroxylation is 1. The summed E-state index contributed by atoms with van der Waals surface area (Å²) in [6.45, 7) is 7.37. The first kappa shape index (κ1) is 65.3. The van der Waals surface area contributed by atoms with Gasteiger partial charge in [0.15, 0.2) is 0 Å². The molecule has 115 heavy (non-hydrogen) atoms. The van der Waals surface area contributed by atoms with Gasteiger partial charge in [0.25, 0.3) is 0 Å². The molecule has 0 amide bonds. The van der Waals surface area contributed by atoms with E-state index >= 15 is 0 Å². The monoisotopic (exact) mass is 1460 g/mol. The number of aromatic nitrogens is 2. The lowest BCUT2D eigenvalue weighted by atomic mass is 9.78. The van der Waals surface area contributed by atoms with Crippen molar-refractivity contribution in [3.05, 3.63) is 416 Å². The fourth-order valence-electron chi connectivity index (χ4n) is 20.7. The van der Waals surface area contributed by atoms with Crippen molar-refractivity contribution in [3.8, 4) is 67.0 Å². The van der Waals surface area contributed by atoms with E-state index in [-0.39, 0.29) is 5.92 Å². The first-order chi connectivity index (χ1) is 56.8. The van der Waals surface area contributed by atoms with Gasteiger partial charge < -0.3 is 14.0 Å². The average molecular weight is 1460 g/mol. The van der Waals surface area contributed by atoms with Crippen molar-refractivity contribution >= 4 is 136 Å². The number of nitrogens with zero attached hydrogens (tertiary/aromatic N) is 3. The highest BCUT2D eigenvalue weighted by atomic mass is 15.1. The smallest absolute Gasteiger partial charge is 0.0619 e. The first-order valence-corrected chi connectivity index (χ1v) is 40.6. The number of para-hydroxylation sites is 2. The van der Waals surface area contributed by atoms with Crippen LogP contribution in [0.2, 0.25) is 0 Å². The van der Waals surface area contributed by atoms with Crippen molar-refractivity contribution in [2.45, 2.75) is 38.5 Å². The minimum atomic E-state index is 0.199. The summed E-state index contributed by atoms with van der Waals surface area (Å²) >= 11 is 0. The molecule has 0 saturated carbocycles. The van der Waals surface area contributed by atoms with E-state index in [4.69, 9.17) is 6.58 Å². The van der Waals surface area contributed by atoms with Gasteiger partial charge in [-0.2, -0.15) is 0 Å². The van der Waals surface area contributed by atoms with Crippen molar-refractivity contribution in [2.24, 2.45) is 0 Å². The largest absolute Gasteiger partial charge is 0.310 e. The van der Waals surface area contributed by atoms with Crippen LogP contribution < -0.4 is 4.90 Å². The summed E-state index contributed by atoms with van der Waals surface area (Å²) in [6.07, 6.45) is 13.2. The summed E-state index contributed by atoms with van der Waals surface area (Å²) in [5.74, 6) is 0.199. The predicted molar refractivity (Wildman–Crippen MR) is 489 cm³/mol. The van der Waals surface area contributed by atoms with Crippen molar-refractivity contribution in [1.29, 1.82) is 0 Å².